The number of carboxylic acids is 1. The highest BCUT2D eigenvalue weighted by molar-refractivity contribution is 6.30. The molecule has 4 aromatic rings. The summed E-state index contributed by atoms with van der Waals surface area (Å²) in [5, 5.41) is 21.0. The first-order valence-corrected chi connectivity index (χ1v) is 12.4. The zero-order valence-corrected chi connectivity index (χ0v) is 20.6. The van der Waals surface area contributed by atoms with Crippen LogP contribution < -0.4 is 5.32 Å². The maximum absolute atomic E-state index is 12.5. The summed E-state index contributed by atoms with van der Waals surface area (Å²) in [5.74, 6) is -1.21. The first-order chi connectivity index (χ1) is 18.0. The minimum absolute atomic E-state index is 0.0939. The van der Waals surface area contributed by atoms with Gasteiger partial charge in [-0.05, 0) is 47.2 Å². The first kappa shape index (κ1) is 24.5. The molecule has 0 saturated heterocycles. The molecule has 0 saturated carbocycles. The van der Waals surface area contributed by atoms with Crippen molar-refractivity contribution in [3.8, 4) is 22.4 Å². The Morgan fingerprint density at radius 1 is 1.00 bits per heavy atom. The number of ether oxygens (including phenoxy) is 1. The van der Waals surface area contributed by atoms with Crippen LogP contribution in [-0.2, 0) is 16.1 Å². The quantitative estimate of drug-likeness (QED) is 0.310. The highest BCUT2D eigenvalue weighted by Gasteiger charge is 2.29. The molecule has 0 fully saturated rings. The van der Waals surface area contributed by atoms with E-state index < -0.39 is 18.1 Å². The number of benzene rings is 3. The molecule has 1 amide bonds. The molecule has 0 aliphatic heterocycles. The molecule has 1 aliphatic rings. The smallest absolute Gasteiger partial charge is 0.407 e. The van der Waals surface area contributed by atoms with Crippen LogP contribution in [0.15, 0.2) is 79.0 Å². The number of aromatic nitrogens is 3. The Kier molecular flexibility index (Phi) is 7.18. The van der Waals surface area contributed by atoms with Gasteiger partial charge >= 0.3 is 12.1 Å². The second-order valence-corrected chi connectivity index (χ2v) is 9.31. The van der Waals surface area contributed by atoms with Crippen LogP contribution in [0.1, 0.15) is 29.9 Å². The molecule has 188 valence electrons. The van der Waals surface area contributed by atoms with Crippen molar-refractivity contribution in [2.75, 3.05) is 6.61 Å². The fraction of sp³-hybridized carbons (Fsp3) is 0.214. The van der Waals surface area contributed by atoms with E-state index in [1.54, 1.807) is 23.0 Å². The number of nitrogens with one attached hydrogen (secondary N) is 1. The Labute approximate surface area is 218 Å². The summed E-state index contributed by atoms with van der Waals surface area (Å²) in [5.41, 5.74) is 6.03. The highest BCUT2D eigenvalue weighted by atomic mass is 35.5. The van der Waals surface area contributed by atoms with Crippen LogP contribution in [0.2, 0.25) is 5.02 Å². The number of nitrogens with zero attached hydrogens (tertiary/aromatic N) is 3. The zero-order chi connectivity index (χ0) is 25.8. The maximum Gasteiger partial charge on any atom is 0.407 e. The third kappa shape index (κ3) is 5.49. The van der Waals surface area contributed by atoms with Gasteiger partial charge in [0, 0.05) is 23.0 Å². The molecular formula is C28H25ClN4O4. The average molecular weight is 517 g/mol. The normalized spacial score (nSPS) is 13.0. The predicted molar refractivity (Wildman–Crippen MR) is 139 cm³/mol. The van der Waals surface area contributed by atoms with Gasteiger partial charge in [0.25, 0.3) is 0 Å². The van der Waals surface area contributed by atoms with E-state index in [9.17, 15) is 14.7 Å². The standard InChI is InChI=1S/C28H25ClN4O4/c29-19-13-11-18(12-14-19)26-16-33(32-31-26)15-5-10-25(27(34)35)30-28(36)37-17-24-22-8-3-1-6-20(22)21-7-2-4-9-23(21)24/h1-4,6-9,11-14,16,24-25H,5,10,15,17H2,(H,30,36)(H,34,35)/t25-/m0/s1. The van der Waals surface area contributed by atoms with E-state index in [0.29, 0.717) is 23.7 Å². The molecule has 5 rings (SSSR count). The van der Waals surface area contributed by atoms with E-state index in [0.717, 1.165) is 27.8 Å². The van der Waals surface area contributed by atoms with Crippen molar-refractivity contribution in [2.45, 2.75) is 31.3 Å². The molecule has 37 heavy (non-hydrogen) atoms. The van der Waals surface area contributed by atoms with Crippen LogP contribution >= 0.6 is 11.6 Å². The summed E-state index contributed by atoms with van der Waals surface area (Å²) in [4.78, 5) is 24.3. The summed E-state index contributed by atoms with van der Waals surface area (Å²) in [6.07, 6.45) is 1.73. The second kappa shape index (κ2) is 10.8. The molecule has 1 atom stereocenters. The van der Waals surface area contributed by atoms with E-state index in [1.165, 1.54) is 0 Å². The van der Waals surface area contributed by atoms with Crippen molar-refractivity contribution in [1.29, 1.82) is 0 Å². The molecule has 1 aliphatic carbocycles. The van der Waals surface area contributed by atoms with Crippen LogP contribution in [0.3, 0.4) is 0 Å². The Hall–Kier alpha value is -4.17. The SMILES string of the molecule is O=C(N[C@@H](CCCn1cc(-c2ccc(Cl)cc2)nn1)C(=O)O)OCC1c2ccccc2-c2ccccc21. The molecule has 8 nitrogen and oxygen atoms in total. The van der Waals surface area contributed by atoms with Gasteiger partial charge in [-0.3, -0.25) is 4.68 Å². The number of amides is 1. The Balaban J connectivity index is 1.14. The van der Waals surface area contributed by atoms with E-state index in [2.05, 4.69) is 27.8 Å². The van der Waals surface area contributed by atoms with Gasteiger partial charge in [-0.1, -0.05) is 77.5 Å². The topological polar surface area (TPSA) is 106 Å². The third-order valence-electron chi connectivity index (χ3n) is 6.49. The van der Waals surface area contributed by atoms with Gasteiger partial charge in [0.2, 0.25) is 0 Å². The molecule has 0 radical (unpaired) electrons. The van der Waals surface area contributed by atoms with Crippen molar-refractivity contribution in [1.82, 2.24) is 20.3 Å². The Morgan fingerprint density at radius 2 is 1.65 bits per heavy atom. The third-order valence-corrected chi connectivity index (χ3v) is 6.74. The van der Waals surface area contributed by atoms with Crippen LogP contribution in [0, 0.1) is 0 Å². The largest absolute Gasteiger partial charge is 0.480 e. The molecule has 0 bridgehead atoms. The summed E-state index contributed by atoms with van der Waals surface area (Å²) in [7, 11) is 0. The van der Waals surface area contributed by atoms with Gasteiger partial charge < -0.3 is 15.2 Å². The van der Waals surface area contributed by atoms with Gasteiger partial charge in [0.15, 0.2) is 0 Å². The van der Waals surface area contributed by atoms with Crippen molar-refractivity contribution in [3.05, 3.63) is 95.1 Å². The lowest BCUT2D eigenvalue weighted by Crippen LogP contribution is -2.41. The molecule has 1 aromatic heterocycles. The lowest BCUT2D eigenvalue weighted by atomic mass is 9.98. The van der Waals surface area contributed by atoms with E-state index in [1.807, 2.05) is 48.5 Å². The minimum Gasteiger partial charge on any atom is -0.480 e. The van der Waals surface area contributed by atoms with Gasteiger partial charge in [0.1, 0.15) is 18.3 Å². The van der Waals surface area contributed by atoms with Crippen LogP contribution in [0.5, 0.6) is 0 Å². The number of carboxylic acid groups (broad SMARTS) is 1. The number of rotatable bonds is 9. The first-order valence-electron chi connectivity index (χ1n) is 12.0. The number of aliphatic carboxylic acids is 1. The number of fused-ring (bicyclic) bond motifs is 3. The van der Waals surface area contributed by atoms with Crippen molar-refractivity contribution in [3.63, 3.8) is 0 Å². The summed E-state index contributed by atoms with van der Waals surface area (Å²) < 4.78 is 7.14. The van der Waals surface area contributed by atoms with E-state index in [4.69, 9.17) is 16.3 Å². The number of carbonyl (C=O) groups excluding carboxylic acids is 1. The van der Waals surface area contributed by atoms with Gasteiger partial charge in [-0.25, -0.2) is 9.59 Å². The zero-order valence-electron chi connectivity index (χ0n) is 19.9. The van der Waals surface area contributed by atoms with Gasteiger partial charge in [-0.2, -0.15) is 0 Å². The van der Waals surface area contributed by atoms with Crippen LogP contribution in [0.4, 0.5) is 4.79 Å². The summed E-state index contributed by atoms with van der Waals surface area (Å²) >= 11 is 5.93. The number of alkyl carbamates (subject to hydrolysis) is 1. The second-order valence-electron chi connectivity index (χ2n) is 8.88. The fourth-order valence-electron chi connectivity index (χ4n) is 4.66. The van der Waals surface area contributed by atoms with E-state index >= 15 is 0 Å². The molecule has 3 aromatic carbocycles. The fourth-order valence-corrected chi connectivity index (χ4v) is 4.78. The monoisotopic (exact) mass is 516 g/mol. The minimum atomic E-state index is -1.12. The summed E-state index contributed by atoms with van der Waals surface area (Å²) in [6, 6.07) is 22.3. The number of halogens is 1. The van der Waals surface area contributed by atoms with Gasteiger partial charge in [-0.15, -0.1) is 5.10 Å². The average Bonchev–Trinajstić information content (AvgIpc) is 3.50. The van der Waals surface area contributed by atoms with Crippen LogP contribution in [0.25, 0.3) is 22.4 Å². The molecule has 1 heterocycles. The number of hydrogen-bond donors (Lipinski definition) is 2. The lowest BCUT2D eigenvalue weighted by Gasteiger charge is -2.17. The lowest BCUT2D eigenvalue weighted by molar-refractivity contribution is -0.139. The van der Waals surface area contributed by atoms with Crippen LogP contribution in [-0.4, -0.2) is 44.8 Å². The summed E-state index contributed by atoms with van der Waals surface area (Å²) in [6.45, 7) is 0.579. The molecule has 0 spiro atoms. The number of hydrogen-bond acceptors (Lipinski definition) is 5. The molecular weight excluding hydrogens is 492 g/mol. The van der Waals surface area contributed by atoms with E-state index in [-0.39, 0.29) is 18.9 Å². The van der Waals surface area contributed by atoms with Crippen molar-refractivity contribution >= 4 is 23.7 Å². The van der Waals surface area contributed by atoms with Gasteiger partial charge in [0.05, 0.1) is 6.20 Å². The Bertz CT molecular complexity index is 1370. The van der Waals surface area contributed by atoms with Crippen molar-refractivity contribution < 1.29 is 19.4 Å². The highest BCUT2D eigenvalue weighted by Crippen LogP contribution is 2.44. The van der Waals surface area contributed by atoms with Crippen molar-refractivity contribution in [2.24, 2.45) is 0 Å². The molecule has 9 heteroatoms. The molecule has 2 N–H and O–H groups in total. The maximum atomic E-state index is 12.5. The predicted octanol–water partition coefficient (Wildman–Crippen LogP) is 5.37. The number of carbonyl (C=O) groups is 2. The Morgan fingerprint density at radius 3 is 2.30 bits per heavy atom. The number of aryl methyl sites for hydroxylation is 1. The molecule has 0 unspecified atom stereocenters.